The van der Waals surface area contributed by atoms with Gasteiger partial charge in [-0.05, 0) is 48.2 Å². The molecule has 12 nitrogen and oxygen atoms in total. The van der Waals surface area contributed by atoms with Crippen molar-refractivity contribution in [3.8, 4) is 0 Å². The number of nitrogens with zero attached hydrogens (tertiary/aromatic N) is 4. The van der Waals surface area contributed by atoms with Crippen LogP contribution >= 0.6 is 34.9 Å². The molecule has 0 fully saturated rings. The number of aryl methyl sites for hydroxylation is 2. The molecular formula is C37H30N6O6S3. The molecule has 0 aliphatic heterocycles. The number of nitrogens with one attached hydrogen (secondary N) is 2. The summed E-state index contributed by atoms with van der Waals surface area (Å²) < 4.78 is 7.70. The van der Waals surface area contributed by atoms with E-state index in [4.69, 9.17) is 21.7 Å². The molecule has 0 saturated carbocycles. The van der Waals surface area contributed by atoms with Crippen LogP contribution in [0.4, 0.5) is 16.1 Å². The molecular weight excluding hydrogens is 721 g/mol. The number of aromatic amines is 1. The Morgan fingerprint density at radius 1 is 0.981 bits per heavy atom. The molecule has 0 atom stereocenters. The summed E-state index contributed by atoms with van der Waals surface area (Å²) in [6.45, 7) is 5.47. The van der Waals surface area contributed by atoms with Crippen molar-refractivity contribution in [3.63, 3.8) is 0 Å². The number of anilines is 3. The third-order valence-electron chi connectivity index (χ3n) is 8.43. The van der Waals surface area contributed by atoms with E-state index in [9.17, 15) is 19.2 Å². The first-order valence-corrected chi connectivity index (χ1v) is 18.2. The van der Waals surface area contributed by atoms with E-state index in [1.807, 2.05) is 0 Å². The van der Waals surface area contributed by atoms with Gasteiger partial charge in [0.05, 0.1) is 18.7 Å². The van der Waals surface area contributed by atoms with Gasteiger partial charge in [-0.3, -0.25) is 29.3 Å². The number of fused-ring (bicyclic) bond motifs is 2. The topological polar surface area (TPSA) is 163 Å². The normalized spacial score (nSPS) is 12.2. The van der Waals surface area contributed by atoms with Crippen LogP contribution in [0.3, 0.4) is 0 Å². The largest absolute Gasteiger partial charge is 0.481 e. The molecule has 1 aliphatic rings. The average molecular weight is 751 g/mol. The molecule has 0 radical (unpaired) electrons. The molecule has 52 heavy (non-hydrogen) atoms. The zero-order chi connectivity index (χ0) is 36.7. The van der Waals surface area contributed by atoms with E-state index in [-0.39, 0.29) is 46.6 Å². The van der Waals surface area contributed by atoms with Gasteiger partial charge in [-0.1, -0.05) is 71.9 Å². The fraction of sp³-hybridized carbons (Fsp3) is 0.162. The standard InChI is InChI=1S/C37H30N6O6S3/c1-19-4-9-26-22(12-19)6-7-23-13-20(2)5-10-27(23)32(26)28-16-42(36(48)41-34(28)50)15-25-8-11-29(49-25)33(47)40-35-39-30(18-51-35)43(21(3)44)37-38-24(17-52-37)14-31(45)46/h4-13,16-18,32H,14-15H2,1-3H3,(H,45,46)(H,39,40,47)(H,41,48,50). The number of aliphatic carboxylic acids is 1. The zero-order valence-electron chi connectivity index (χ0n) is 28.0. The predicted octanol–water partition coefficient (Wildman–Crippen LogP) is 7.31. The lowest BCUT2D eigenvalue weighted by molar-refractivity contribution is -0.136. The highest BCUT2D eigenvalue weighted by molar-refractivity contribution is 7.71. The summed E-state index contributed by atoms with van der Waals surface area (Å²) in [6, 6.07) is 15.8. The highest BCUT2D eigenvalue weighted by atomic mass is 32.1. The van der Waals surface area contributed by atoms with Gasteiger partial charge < -0.3 is 9.52 Å². The minimum absolute atomic E-state index is 0.00557. The number of carbonyl (C=O) groups is 3. The Hall–Kier alpha value is -5.77. The van der Waals surface area contributed by atoms with Crippen molar-refractivity contribution in [3.05, 3.63) is 137 Å². The second-order valence-corrected chi connectivity index (χ2v) is 14.4. The summed E-state index contributed by atoms with van der Waals surface area (Å²) in [7, 11) is 0. The van der Waals surface area contributed by atoms with Crippen molar-refractivity contribution in [2.24, 2.45) is 0 Å². The maximum Gasteiger partial charge on any atom is 0.326 e. The van der Waals surface area contributed by atoms with Gasteiger partial charge in [0.2, 0.25) is 5.91 Å². The van der Waals surface area contributed by atoms with Crippen LogP contribution in [0.2, 0.25) is 0 Å². The van der Waals surface area contributed by atoms with Crippen LogP contribution in [0.1, 0.15) is 73.8 Å². The minimum Gasteiger partial charge on any atom is -0.481 e. The lowest BCUT2D eigenvalue weighted by atomic mass is 9.83. The third kappa shape index (κ3) is 7.06. The first-order valence-electron chi connectivity index (χ1n) is 16.0. The number of benzene rings is 2. The maximum absolute atomic E-state index is 13.2. The predicted molar refractivity (Wildman–Crippen MR) is 202 cm³/mol. The van der Waals surface area contributed by atoms with Crippen LogP contribution < -0.4 is 15.9 Å². The maximum atomic E-state index is 13.2. The second kappa shape index (κ2) is 14.1. The van der Waals surface area contributed by atoms with Crippen molar-refractivity contribution in [2.75, 3.05) is 10.2 Å². The summed E-state index contributed by atoms with van der Waals surface area (Å²) in [5.41, 5.74) is 7.20. The summed E-state index contributed by atoms with van der Waals surface area (Å²) in [5.74, 6) is -1.67. The highest BCUT2D eigenvalue weighted by Gasteiger charge is 2.27. The molecule has 6 aromatic rings. The second-order valence-electron chi connectivity index (χ2n) is 12.3. The van der Waals surface area contributed by atoms with Gasteiger partial charge in [0.25, 0.3) is 5.91 Å². The van der Waals surface area contributed by atoms with E-state index in [2.05, 4.69) is 82.7 Å². The third-order valence-corrected chi connectivity index (χ3v) is 10.4. The number of amides is 2. The van der Waals surface area contributed by atoms with Crippen LogP contribution in [0.25, 0.3) is 12.2 Å². The van der Waals surface area contributed by atoms with E-state index in [0.717, 1.165) is 61.6 Å². The molecule has 4 aromatic heterocycles. The Labute approximate surface area is 309 Å². The smallest absolute Gasteiger partial charge is 0.326 e. The average Bonchev–Trinajstić information content (AvgIpc) is 3.84. The summed E-state index contributed by atoms with van der Waals surface area (Å²) in [5, 5.41) is 15.4. The molecule has 15 heteroatoms. The Kier molecular flexibility index (Phi) is 9.40. The number of carboxylic acid groups (broad SMARTS) is 1. The number of hydrogen-bond acceptors (Lipinski definition) is 10. The van der Waals surface area contributed by atoms with E-state index in [1.54, 1.807) is 23.0 Å². The van der Waals surface area contributed by atoms with Crippen LogP contribution in [0.5, 0.6) is 0 Å². The number of hydrogen-bond donors (Lipinski definition) is 3. The van der Waals surface area contributed by atoms with E-state index in [0.29, 0.717) is 16.1 Å². The number of rotatable bonds is 9. The van der Waals surface area contributed by atoms with Gasteiger partial charge in [0, 0.05) is 35.4 Å². The van der Waals surface area contributed by atoms with Crippen LogP contribution in [0.15, 0.2) is 74.7 Å². The minimum atomic E-state index is -1.04. The fourth-order valence-electron chi connectivity index (χ4n) is 6.10. The number of carboxylic acids is 1. The molecule has 0 bridgehead atoms. The lowest BCUT2D eigenvalue weighted by Gasteiger charge is -2.22. The van der Waals surface area contributed by atoms with Crippen molar-refractivity contribution in [1.82, 2.24) is 19.5 Å². The number of aromatic nitrogens is 4. The van der Waals surface area contributed by atoms with Crippen molar-refractivity contribution < 1.29 is 23.9 Å². The molecule has 262 valence electrons. The van der Waals surface area contributed by atoms with Crippen molar-refractivity contribution in [2.45, 2.75) is 39.7 Å². The van der Waals surface area contributed by atoms with Gasteiger partial charge in [-0.25, -0.2) is 19.7 Å². The quantitative estimate of drug-likeness (QED) is 0.128. The van der Waals surface area contributed by atoms with E-state index < -0.39 is 17.6 Å². The van der Waals surface area contributed by atoms with Gasteiger partial charge in [0.1, 0.15) is 10.4 Å². The van der Waals surface area contributed by atoms with Gasteiger partial charge >= 0.3 is 11.7 Å². The Morgan fingerprint density at radius 2 is 1.67 bits per heavy atom. The van der Waals surface area contributed by atoms with E-state index in [1.165, 1.54) is 22.5 Å². The van der Waals surface area contributed by atoms with Crippen molar-refractivity contribution in [1.29, 1.82) is 0 Å². The molecule has 2 amide bonds. The monoisotopic (exact) mass is 750 g/mol. The molecule has 1 aliphatic carbocycles. The Bertz CT molecular complexity index is 2480. The number of furan rings is 1. The summed E-state index contributed by atoms with van der Waals surface area (Å²) >= 11 is 7.96. The summed E-state index contributed by atoms with van der Waals surface area (Å²) in [4.78, 5) is 62.7. The SMILES string of the molecule is CC(=O)N(c1csc(NC(=O)c2ccc(Cn3cc(C4c5ccc(C)cc5C=Cc5cc(C)ccc54)c(=S)[nH]c3=O)o2)n1)c1nc(CC(=O)O)cs1. The number of carbonyl (C=O) groups excluding carboxylic acids is 2. The van der Waals surface area contributed by atoms with Gasteiger partial charge in [0.15, 0.2) is 21.8 Å². The fourth-order valence-corrected chi connectivity index (χ4v) is 7.91. The first kappa shape index (κ1) is 34.7. The van der Waals surface area contributed by atoms with Crippen LogP contribution in [-0.4, -0.2) is 42.4 Å². The summed E-state index contributed by atoms with van der Waals surface area (Å²) in [6.07, 6.45) is 5.72. The molecule has 2 aromatic carbocycles. The lowest BCUT2D eigenvalue weighted by Crippen LogP contribution is -2.25. The number of H-pyrrole nitrogens is 1. The van der Waals surface area contributed by atoms with Gasteiger partial charge in [-0.15, -0.1) is 22.7 Å². The molecule has 0 saturated heterocycles. The van der Waals surface area contributed by atoms with Crippen LogP contribution in [0, 0.1) is 18.5 Å². The molecule has 7 rings (SSSR count). The van der Waals surface area contributed by atoms with Crippen molar-refractivity contribution >= 4 is 80.9 Å². The molecule has 3 N–H and O–H groups in total. The van der Waals surface area contributed by atoms with Crippen LogP contribution in [-0.2, 0) is 22.6 Å². The highest BCUT2D eigenvalue weighted by Crippen LogP contribution is 2.40. The molecule has 0 unspecified atom stereocenters. The van der Waals surface area contributed by atoms with Gasteiger partial charge in [-0.2, -0.15) is 0 Å². The molecule has 0 spiro atoms. The first-order chi connectivity index (χ1) is 24.9. The molecule has 4 heterocycles. The zero-order valence-corrected chi connectivity index (χ0v) is 30.4. The Morgan fingerprint density at radius 3 is 2.33 bits per heavy atom. The Balaban J connectivity index is 1.12. The van der Waals surface area contributed by atoms with E-state index >= 15 is 0 Å². The number of thiazole rings is 2.